The van der Waals surface area contributed by atoms with Gasteiger partial charge in [0.05, 0.1) is 0 Å². The van der Waals surface area contributed by atoms with Crippen molar-refractivity contribution >= 4 is 17.6 Å². The molecule has 0 radical (unpaired) electrons. The van der Waals surface area contributed by atoms with Crippen molar-refractivity contribution in [2.75, 3.05) is 18.4 Å². The van der Waals surface area contributed by atoms with Gasteiger partial charge in [0.1, 0.15) is 5.82 Å². The zero-order chi connectivity index (χ0) is 20.1. The maximum absolute atomic E-state index is 13.0. The predicted octanol–water partition coefficient (Wildman–Crippen LogP) is 4.38. The quantitative estimate of drug-likeness (QED) is 0.823. The van der Waals surface area contributed by atoms with Crippen LogP contribution in [-0.2, 0) is 0 Å². The molecule has 0 aliphatic carbocycles. The first-order valence-electron chi connectivity index (χ1n) is 9.64. The highest BCUT2D eigenvalue weighted by atomic mass is 19.1. The zero-order valence-corrected chi connectivity index (χ0v) is 16.2. The van der Waals surface area contributed by atoms with Crippen molar-refractivity contribution in [2.45, 2.75) is 38.6 Å². The Balaban J connectivity index is 1.69. The Bertz CT molecular complexity index is 836. The van der Waals surface area contributed by atoms with Gasteiger partial charge in [-0.25, -0.2) is 9.18 Å². The van der Waals surface area contributed by atoms with Gasteiger partial charge in [-0.3, -0.25) is 4.79 Å². The SMILES string of the molecule is CC(C)NC(=O)N1CCC[C@@H](c2cccc(C(=O)Nc3ccc(F)cc3)c2)C1. The van der Waals surface area contributed by atoms with Gasteiger partial charge in [-0.15, -0.1) is 0 Å². The van der Waals surface area contributed by atoms with E-state index in [2.05, 4.69) is 10.6 Å². The van der Waals surface area contributed by atoms with E-state index in [1.807, 2.05) is 36.9 Å². The van der Waals surface area contributed by atoms with Crippen molar-refractivity contribution in [1.82, 2.24) is 10.2 Å². The minimum atomic E-state index is -0.344. The number of benzene rings is 2. The van der Waals surface area contributed by atoms with Crippen LogP contribution in [0.5, 0.6) is 0 Å². The van der Waals surface area contributed by atoms with Crippen molar-refractivity contribution in [3.05, 3.63) is 65.5 Å². The Hall–Kier alpha value is -2.89. The largest absolute Gasteiger partial charge is 0.336 e. The fraction of sp³-hybridized carbons (Fsp3) is 0.364. The van der Waals surface area contributed by atoms with Crippen LogP contribution in [0.1, 0.15) is 48.5 Å². The number of carbonyl (C=O) groups is 2. The highest BCUT2D eigenvalue weighted by Crippen LogP contribution is 2.27. The highest BCUT2D eigenvalue weighted by molar-refractivity contribution is 6.04. The van der Waals surface area contributed by atoms with E-state index in [0.29, 0.717) is 17.8 Å². The molecule has 2 aromatic carbocycles. The second-order valence-corrected chi connectivity index (χ2v) is 7.48. The lowest BCUT2D eigenvalue weighted by Gasteiger charge is -2.33. The summed E-state index contributed by atoms with van der Waals surface area (Å²) in [5, 5.41) is 5.73. The van der Waals surface area contributed by atoms with Crippen molar-refractivity contribution in [3.8, 4) is 0 Å². The van der Waals surface area contributed by atoms with Gasteiger partial charge in [0.2, 0.25) is 0 Å². The van der Waals surface area contributed by atoms with E-state index in [-0.39, 0.29) is 29.7 Å². The van der Waals surface area contributed by atoms with E-state index in [9.17, 15) is 14.0 Å². The molecule has 0 spiro atoms. The molecule has 3 rings (SSSR count). The lowest BCUT2D eigenvalue weighted by Crippen LogP contribution is -2.47. The molecule has 2 N–H and O–H groups in total. The zero-order valence-electron chi connectivity index (χ0n) is 16.2. The van der Waals surface area contributed by atoms with Gasteiger partial charge in [-0.1, -0.05) is 12.1 Å². The fourth-order valence-corrected chi connectivity index (χ4v) is 3.44. The van der Waals surface area contributed by atoms with Gasteiger partial charge in [0, 0.05) is 36.3 Å². The van der Waals surface area contributed by atoms with Crippen LogP contribution in [0.25, 0.3) is 0 Å². The van der Waals surface area contributed by atoms with Crippen molar-refractivity contribution in [3.63, 3.8) is 0 Å². The number of halogens is 1. The summed E-state index contributed by atoms with van der Waals surface area (Å²) in [6.45, 7) is 5.28. The second-order valence-electron chi connectivity index (χ2n) is 7.48. The van der Waals surface area contributed by atoms with Crippen LogP contribution < -0.4 is 10.6 Å². The number of piperidine rings is 1. The number of amides is 3. The molecule has 1 aliphatic rings. The molecule has 2 aromatic rings. The normalized spacial score (nSPS) is 16.7. The molecule has 6 heteroatoms. The van der Waals surface area contributed by atoms with Crippen LogP contribution in [0.4, 0.5) is 14.9 Å². The summed E-state index contributed by atoms with van der Waals surface area (Å²) in [4.78, 5) is 26.7. The molecule has 1 fully saturated rings. The third kappa shape index (κ3) is 5.09. The average molecular weight is 383 g/mol. The number of hydrogen-bond acceptors (Lipinski definition) is 2. The van der Waals surface area contributed by atoms with E-state index >= 15 is 0 Å². The number of hydrogen-bond donors (Lipinski definition) is 2. The molecule has 3 amide bonds. The summed E-state index contributed by atoms with van der Waals surface area (Å²) < 4.78 is 13.0. The van der Waals surface area contributed by atoms with Gasteiger partial charge >= 0.3 is 6.03 Å². The van der Waals surface area contributed by atoms with Crippen LogP contribution in [0.2, 0.25) is 0 Å². The molecule has 0 unspecified atom stereocenters. The van der Waals surface area contributed by atoms with Crippen LogP contribution in [0, 0.1) is 5.82 Å². The van der Waals surface area contributed by atoms with E-state index in [4.69, 9.17) is 0 Å². The summed E-state index contributed by atoms with van der Waals surface area (Å²) in [6.07, 6.45) is 1.91. The third-order valence-electron chi connectivity index (χ3n) is 4.84. The van der Waals surface area contributed by atoms with Gasteiger partial charge in [0.15, 0.2) is 0 Å². The fourth-order valence-electron chi connectivity index (χ4n) is 3.44. The first-order chi connectivity index (χ1) is 13.4. The van der Waals surface area contributed by atoms with Crippen LogP contribution in [0.15, 0.2) is 48.5 Å². The minimum Gasteiger partial charge on any atom is -0.336 e. The van der Waals surface area contributed by atoms with Gasteiger partial charge in [-0.2, -0.15) is 0 Å². The number of rotatable bonds is 4. The van der Waals surface area contributed by atoms with Crippen molar-refractivity contribution in [2.24, 2.45) is 0 Å². The third-order valence-corrected chi connectivity index (χ3v) is 4.84. The lowest BCUT2D eigenvalue weighted by molar-refractivity contribution is 0.102. The predicted molar refractivity (Wildman–Crippen MR) is 108 cm³/mol. The Morgan fingerprint density at radius 2 is 1.89 bits per heavy atom. The summed E-state index contributed by atoms with van der Waals surface area (Å²) >= 11 is 0. The number of urea groups is 1. The highest BCUT2D eigenvalue weighted by Gasteiger charge is 2.25. The van der Waals surface area contributed by atoms with E-state index < -0.39 is 0 Å². The molecule has 1 heterocycles. The second kappa shape index (κ2) is 8.87. The number of nitrogens with one attached hydrogen (secondary N) is 2. The topological polar surface area (TPSA) is 61.4 Å². The maximum atomic E-state index is 13.0. The molecule has 5 nitrogen and oxygen atoms in total. The minimum absolute atomic E-state index is 0.0371. The molecule has 0 saturated carbocycles. The van der Waals surface area contributed by atoms with Gasteiger partial charge in [0.25, 0.3) is 5.91 Å². The standard InChI is InChI=1S/C22H26FN3O2/c1-15(2)24-22(28)26-12-4-7-18(14-26)16-5-3-6-17(13-16)21(27)25-20-10-8-19(23)9-11-20/h3,5-6,8-11,13,15,18H,4,7,12,14H2,1-2H3,(H,24,28)(H,25,27)/t18-/m1/s1. The summed E-state index contributed by atoms with van der Waals surface area (Å²) in [5.41, 5.74) is 2.14. The Morgan fingerprint density at radius 1 is 1.14 bits per heavy atom. The Kier molecular flexibility index (Phi) is 6.29. The van der Waals surface area contributed by atoms with Crippen molar-refractivity contribution in [1.29, 1.82) is 0 Å². The van der Waals surface area contributed by atoms with Crippen molar-refractivity contribution < 1.29 is 14.0 Å². The summed E-state index contributed by atoms with van der Waals surface area (Å²) in [6, 6.07) is 13.3. The van der Waals surface area contributed by atoms with Crippen LogP contribution in [0.3, 0.4) is 0 Å². The number of likely N-dealkylation sites (tertiary alicyclic amines) is 1. The molecule has 1 aliphatic heterocycles. The first kappa shape index (κ1) is 19.9. The molecule has 148 valence electrons. The van der Waals surface area contributed by atoms with Gasteiger partial charge < -0.3 is 15.5 Å². The molecular formula is C22H26FN3O2. The summed E-state index contributed by atoms with van der Waals surface area (Å²) in [7, 11) is 0. The number of carbonyl (C=O) groups excluding carboxylic acids is 2. The molecule has 1 atom stereocenters. The number of anilines is 1. The van der Waals surface area contributed by atoms with E-state index in [1.54, 1.807) is 6.07 Å². The first-order valence-corrected chi connectivity index (χ1v) is 9.64. The molecule has 0 bridgehead atoms. The lowest BCUT2D eigenvalue weighted by atomic mass is 9.89. The van der Waals surface area contributed by atoms with E-state index in [1.165, 1.54) is 24.3 Å². The van der Waals surface area contributed by atoms with Crippen LogP contribution >= 0.6 is 0 Å². The summed E-state index contributed by atoms with van der Waals surface area (Å²) in [5.74, 6) is -0.382. The monoisotopic (exact) mass is 383 g/mol. The maximum Gasteiger partial charge on any atom is 0.317 e. The number of nitrogens with zero attached hydrogens (tertiary/aromatic N) is 1. The molecule has 0 aromatic heterocycles. The Morgan fingerprint density at radius 3 is 2.61 bits per heavy atom. The average Bonchev–Trinajstić information content (AvgIpc) is 2.69. The molecular weight excluding hydrogens is 357 g/mol. The Labute approximate surface area is 164 Å². The van der Waals surface area contributed by atoms with Gasteiger partial charge in [-0.05, 0) is 68.7 Å². The van der Waals surface area contributed by atoms with E-state index in [0.717, 1.165) is 24.9 Å². The molecule has 1 saturated heterocycles. The molecule has 28 heavy (non-hydrogen) atoms. The smallest absolute Gasteiger partial charge is 0.317 e. The van der Waals surface area contributed by atoms with Crippen LogP contribution in [-0.4, -0.2) is 36.0 Å².